The summed E-state index contributed by atoms with van der Waals surface area (Å²) in [6.45, 7) is 8.65. The highest BCUT2D eigenvalue weighted by Gasteiger charge is 2.30. The Morgan fingerprint density at radius 1 is 0.973 bits per heavy atom. The third-order valence-electron chi connectivity index (χ3n) is 6.63. The Morgan fingerprint density at radius 3 is 2.24 bits per heavy atom. The number of nitrogens with one attached hydrogen (secondary N) is 2. The van der Waals surface area contributed by atoms with Gasteiger partial charge in [0.2, 0.25) is 0 Å². The van der Waals surface area contributed by atoms with Crippen molar-refractivity contribution in [1.82, 2.24) is 14.9 Å². The van der Waals surface area contributed by atoms with Gasteiger partial charge in [0.15, 0.2) is 0 Å². The Balaban J connectivity index is 1.26. The molecule has 6 nitrogen and oxygen atoms in total. The van der Waals surface area contributed by atoms with E-state index >= 15 is 0 Å². The highest BCUT2D eigenvalue weighted by Crippen LogP contribution is 2.27. The van der Waals surface area contributed by atoms with Crippen LogP contribution in [0.3, 0.4) is 0 Å². The van der Waals surface area contributed by atoms with E-state index in [2.05, 4.69) is 55.7 Å². The van der Waals surface area contributed by atoms with Crippen LogP contribution in [0.2, 0.25) is 5.02 Å². The van der Waals surface area contributed by atoms with E-state index in [0.29, 0.717) is 27.9 Å². The fourth-order valence-corrected chi connectivity index (χ4v) is 7.32. The van der Waals surface area contributed by atoms with Gasteiger partial charge in [0, 0.05) is 41.1 Å². The van der Waals surface area contributed by atoms with Crippen LogP contribution in [0.25, 0.3) is 0 Å². The average Bonchev–Trinajstić information content (AvgIpc) is 3.36. The Morgan fingerprint density at radius 2 is 1.62 bits per heavy atom. The second-order valence-electron chi connectivity index (χ2n) is 10.4. The molecule has 1 aliphatic heterocycles. The van der Waals surface area contributed by atoms with Crippen LogP contribution in [0.5, 0.6) is 0 Å². The zero-order valence-electron chi connectivity index (χ0n) is 21.5. The predicted octanol–water partition coefficient (Wildman–Crippen LogP) is 5.57. The number of carbonyl (C=O) groups is 1. The summed E-state index contributed by atoms with van der Waals surface area (Å²) in [6.07, 6.45) is 1.55. The summed E-state index contributed by atoms with van der Waals surface area (Å²) in [5.74, 6) is -0.228. The number of carbonyl (C=O) groups excluding carboxylic acids is 1. The molecular formula is C28H34ClN3O3S2. The van der Waals surface area contributed by atoms with E-state index in [1.54, 1.807) is 40.7 Å². The van der Waals surface area contributed by atoms with E-state index in [9.17, 15) is 13.2 Å². The van der Waals surface area contributed by atoms with Crippen LogP contribution < -0.4 is 10.6 Å². The quantitative estimate of drug-likeness (QED) is 0.378. The molecule has 0 saturated carbocycles. The van der Waals surface area contributed by atoms with Crippen LogP contribution in [-0.2, 0) is 28.5 Å². The van der Waals surface area contributed by atoms with Gasteiger partial charge in [-0.3, -0.25) is 4.79 Å². The molecular weight excluding hydrogens is 526 g/mol. The molecule has 9 heteroatoms. The maximum Gasteiger partial charge on any atom is 0.252 e. The monoisotopic (exact) mass is 559 g/mol. The second kappa shape index (κ2) is 11.7. The van der Waals surface area contributed by atoms with Crippen LogP contribution >= 0.6 is 22.9 Å². The molecule has 1 amide bonds. The summed E-state index contributed by atoms with van der Waals surface area (Å²) in [5.41, 5.74) is 3.19. The molecule has 0 radical (unpaired) electrons. The minimum absolute atomic E-state index is 0.138. The Bertz CT molecular complexity index is 1310. The SMILES string of the molecule is CC(C)(C)c1ccc(CNC2CCN(S(=O)(=O)c3ccc(CNC(=O)c4ccc(Cl)cc4)s3)CC2)cc1. The first-order valence-corrected chi connectivity index (χ1v) is 15.1. The molecule has 0 atom stereocenters. The summed E-state index contributed by atoms with van der Waals surface area (Å²) in [7, 11) is -3.55. The average molecular weight is 560 g/mol. The smallest absolute Gasteiger partial charge is 0.252 e. The number of amides is 1. The van der Waals surface area contributed by atoms with Crippen molar-refractivity contribution < 1.29 is 13.2 Å². The van der Waals surface area contributed by atoms with Gasteiger partial charge in [0.05, 0.1) is 6.54 Å². The van der Waals surface area contributed by atoms with Gasteiger partial charge < -0.3 is 10.6 Å². The van der Waals surface area contributed by atoms with Crippen LogP contribution in [0.4, 0.5) is 0 Å². The molecule has 2 N–H and O–H groups in total. The minimum Gasteiger partial charge on any atom is -0.347 e. The third-order valence-corrected chi connectivity index (χ3v) is 10.3. The number of hydrogen-bond donors (Lipinski definition) is 2. The summed E-state index contributed by atoms with van der Waals surface area (Å²) in [5, 5.41) is 6.99. The van der Waals surface area contributed by atoms with E-state index in [1.165, 1.54) is 22.5 Å². The fourth-order valence-electron chi connectivity index (χ4n) is 4.27. The highest BCUT2D eigenvalue weighted by atomic mass is 35.5. The van der Waals surface area contributed by atoms with Crippen molar-refractivity contribution in [2.45, 2.75) is 62.4 Å². The number of benzene rings is 2. The van der Waals surface area contributed by atoms with Crippen molar-refractivity contribution in [1.29, 1.82) is 0 Å². The molecule has 0 spiro atoms. The highest BCUT2D eigenvalue weighted by molar-refractivity contribution is 7.91. The number of hydrogen-bond acceptors (Lipinski definition) is 5. The molecule has 0 aliphatic carbocycles. The molecule has 1 fully saturated rings. The summed E-state index contributed by atoms with van der Waals surface area (Å²) >= 11 is 7.07. The summed E-state index contributed by atoms with van der Waals surface area (Å²) in [4.78, 5) is 13.1. The number of halogens is 1. The van der Waals surface area contributed by atoms with E-state index in [4.69, 9.17) is 11.6 Å². The van der Waals surface area contributed by atoms with Crippen LogP contribution in [0, 0.1) is 0 Å². The van der Waals surface area contributed by atoms with E-state index in [0.717, 1.165) is 24.3 Å². The molecule has 198 valence electrons. The van der Waals surface area contributed by atoms with Crippen molar-refractivity contribution in [3.8, 4) is 0 Å². The lowest BCUT2D eigenvalue weighted by atomic mass is 9.87. The second-order valence-corrected chi connectivity index (χ2v) is 14.2. The summed E-state index contributed by atoms with van der Waals surface area (Å²) in [6, 6.07) is 19.0. The zero-order valence-corrected chi connectivity index (χ0v) is 23.8. The standard InChI is InChI=1S/C28H34ClN3O3S2/c1-28(2,3)22-8-4-20(5-9-22)18-30-24-14-16-32(17-15-24)37(34,35)26-13-12-25(36-26)19-31-27(33)21-6-10-23(29)11-7-21/h4-13,24,30H,14-19H2,1-3H3,(H,31,33). The topological polar surface area (TPSA) is 78.5 Å². The number of nitrogens with zero attached hydrogens (tertiary/aromatic N) is 1. The molecule has 1 aromatic heterocycles. The largest absolute Gasteiger partial charge is 0.347 e. The molecule has 37 heavy (non-hydrogen) atoms. The van der Waals surface area contributed by atoms with Gasteiger partial charge in [-0.1, -0.05) is 56.6 Å². The first kappa shape index (κ1) is 27.8. The van der Waals surface area contributed by atoms with E-state index < -0.39 is 10.0 Å². The summed E-state index contributed by atoms with van der Waals surface area (Å²) < 4.78 is 28.3. The van der Waals surface area contributed by atoms with Crippen LogP contribution in [-0.4, -0.2) is 37.8 Å². The van der Waals surface area contributed by atoms with Gasteiger partial charge in [-0.25, -0.2) is 8.42 Å². The van der Waals surface area contributed by atoms with Crippen molar-refractivity contribution in [2.24, 2.45) is 0 Å². The number of sulfonamides is 1. The van der Waals surface area contributed by atoms with Crippen molar-refractivity contribution in [2.75, 3.05) is 13.1 Å². The van der Waals surface area contributed by atoms with Gasteiger partial charge in [0.25, 0.3) is 15.9 Å². The van der Waals surface area contributed by atoms with Crippen molar-refractivity contribution >= 4 is 38.9 Å². The molecule has 0 bridgehead atoms. The van der Waals surface area contributed by atoms with Gasteiger partial charge in [-0.05, 0) is 65.8 Å². The lowest BCUT2D eigenvalue weighted by molar-refractivity contribution is 0.0951. The first-order valence-electron chi connectivity index (χ1n) is 12.5. The van der Waals surface area contributed by atoms with Gasteiger partial charge in [-0.15, -0.1) is 11.3 Å². The van der Waals surface area contributed by atoms with Crippen LogP contribution in [0.1, 0.15) is 60.0 Å². The van der Waals surface area contributed by atoms with Crippen LogP contribution in [0.15, 0.2) is 64.9 Å². The third kappa shape index (κ3) is 7.21. The molecule has 2 heterocycles. The lowest BCUT2D eigenvalue weighted by Gasteiger charge is -2.31. The molecule has 2 aromatic carbocycles. The van der Waals surface area contributed by atoms with Gasteiger partial charge in [-0.2, -0.15) is 4.31 Å². The van der Waals surface area contributed by atoms with E-state index in [-0.39, 0.29) is 23.9 Å². The predicted molar refractivity (Wildman–Crippen MR) is 151 cm³/mol. The molecule has 1 aliphatic rings. The molecule has 4 rings (SSSR count). The number of rotatable bonds is 8. The molecule has 1 saturated heterocycles. The number of thiophene rings is 1. The Kier molecular flexibility index (Phi) is 8.76. The van der Waals surface area contributed by atoms with Crippen molar-refractivity contribution in [3.05, 3.63) is 87.3 Å². The number of piperidine rings is 1. The maximum atomic E-state index is 13.2. The fraction of sp³-hybridized carbons (Fsp3) is 0.393. The molecule has 0 unspecified atom stereocenters. The first-order chi connectivity index (χ1) is 17.5. The normalized spacial score (nSPS) is 15.6. The van der Waals surface area contributed by atoms with Gasteiger partial charge >= 0.3 is 0 Å². The van der Waals surface area contributed by atoms with Gasteiger partial charge in [0.1, 0.15) is 4.21 Å². The maximum absolute atomic E-state index is 13.2. The Hall–Kier alpha value is -2.23. The van der Waals surface area contributed by atoms with Crippen molar-refractivity contribution in [3.63, 3.8) is 0 Å². The molecule has 3 aromatic rings. The Labute approximate surface area is 229 Å². The van der Waals surface area contributed by atoms with E-state index in [1.807, 2.05) is 0 Å². The lowest BCUT2D eigenvalue weighted by Crippen LogP contribution is -2.44. The minimum atomic E-state index is -3.55. The zero-order chi connectivity index (χ0) is 26.6.